The molecule has 0 amide bonds. The lowest BCUT2D eigenvalue weighted by atomic mass is 10.1. The lowest BCUT2D eigenvalue weighted by Gasteiger charge is -2.10. The van der Waals surface area contributed by atoms with Crippen molar-refractivity contribution < 1.29 is 4.74 Å². The summed E-state index contributed by atoms with van der Waals surface area (Å²) >= 11 is 0. The van der Waals surface area contributed by atoms with Crippen LogP contribution in [0.5, 0.6) is 5.75 Å². The predicted molar refractivity (Wildman–Crippen MR) is 92.5 cm³/mol. The van der Waals surface area contributed by atoms with E-state index < -0.39 is 0 Å². The topological polar surface area (TPSA) is 59.6 Å². The predicted octanol–water partition coefficient (Wildman–Crippen LogP) is 3.63. The normalized spacial score (nSPS) is 11.3. The molecule has 0 bridgehead atoms. The Morgan fingerprint density at radius 2 is 1.91 bits per heavy atom. The Kier molecular flexibility index (Phi) is 5.42. The van der Waals surface area contributed by atoms with Crippen molar-refractivity contribution >= 4 is 11.6 Å². The van der Waals surface area contributed by atoms with E-state index in [1.54, 1.807) is 0 Å². The van der Waals surface area contributed by atoms with Gasteiger partial charge in [-0.3, -0.25) is 0 Å². The molecule has 116 valence electrons. The highest BCUT2D eigenvalue weighted by Gasteiger charge is 2.02. The molecule has 0 aliphatic rings. The van der Waals surface area contributed by atoms with Crippen molar-refractivity contribution in [2.45, 2.75) is 27.3 Å². The minimum absolute atomic E-state index is 0.398. The van der Waals surface area contributed by atoms with Crippen molar-refractivity contribution in [1.29, 1.82) is 0 Å². The Hall–Kier alpha value is -2.49. The van der Waals surface area contributed by atoms with Crippen LogP contribution >= 0.6 is 0 Å². The Labute approximate surface area is 132 Å². The largest absolute Gasteiger partial charge is 0.494 e. The number of anilines is 1. The molecular formula is C18H23N3O. The molecule has 22 heavy (non-hydrogen) atoms. The zero-order valence-corrected chi connectivity index (χ0v) is 13.4. The fourth-order valence-corrected chi connectivity index (χ4v) is 2.11. The molecule has 0 aliphatic heterocycles. The molecule has 0 aliphatic carbocycles. The second-order valence-corrected chi connectivity index (χ2v) is 5.17. The third-order valence-electron chi connectivity index (χ3n) is 3.47. The average molecular weight is 297 g/mol. The van der Waals surface area contributed by atoms with Crippen LogP contribution in [0.15, 0.2) is 47.5 Å². The third-order valence-corrected chi connectivity index (χ3v) is 3.47. The first-order valence-electron chi connectivity index (χ1n) is 7.45. The van der Waals surface area contributed by atoms with E-state index in [2.05, 4.69) is 36.3 Å². The van der Waals surface area contributed by atoms with Gasteiger partial charge in [-0.25, -0.2) is 4.99 Å². The van der Waals surface area contributed by atoms with Gasteiger partial charge in [0.2, 0.25) is 0 Å². The minimum atomic E-state index is 0.398. The van der Waals surface area contributed by atoms with E-state index in [4.69, 9.17) is 10.5 Å². The number of nitrogens with zero attached hydrogens (tertiary/aromatic N) is 1. The molecule has 0 fully saturated rings. The molecule has 2 aromatic carbocycles. The fourth-order valence-electron chi connectivity index (χ4n) is 2.11. The van der Waals surface area contributed by atoms with Crippen molar-refractivity contribution in [2.75, 3.05) is 11.9 Å². The van der Waals surface area contributed by atoms with Gasteiger partial charge in [-0.2, -0.15) is 0 Å². The van der Waals surface area contributed by atoms with Gasteiger partial charge in [0, 0.05) is 11.3 Å². The molecule has 0 radical (unpaired) electrons. The van der Waals surface area contributed by atoms with Gasteiger partial charge in [0.25, 0.3) is 0 Å². The number of rotatable bonds is 5. The van der Waals surface area contributed by atoms with Crippen molar-refractivity contribution in [3.8, 4) is 5.75 Å². The van der Waals surface area contributed by atoms with E-state index >= 15 is 0 Å². The summed E-state index contributed by atoms with van der Waals surface area (Å²) in [6, 6.07) is 14.0. The van der Waals surface area contributed by atoms with Crippen LogP contribution in [-0.2, 0) is 6.54 Å². The van der Waals surface area contributed by atoms with Crippen LogP contribution < -0.4 is 15.8 Å². The van der Waals surface area contributed by atoms with Crippen LogP contribution in [0, 0.1) is 13.8 Å². The molecule has 0 saturated heterocycles. The number of nitrogens with one attached hydrogen (secondary N) is 1. The fraction of sp³-hybridized carbons (Fsp3) is 0.278. The Bertz CT molecular complexity index is 665. The lowest BCUT2D eigenvalue weighted by molar-refractivity contribution is 0.336. The minimum Gasteiger partial charge on any atom is -0.494 e. The van der Waals surface area contributed by atoms with E-state index in [0.29, 0.717) is 19.1 Å². The summed E-state index contributed by atoms with van der Waals surface area (Å²) < 4.78 is 5.59. The SMILES string of the molecule is CCOc1ccccc1CN=C(N)Nc1ccc(C)c(C)c1. The number of hydrogen-bond donors (Lipinski definition) is 2. The molecule has 2 aromatic rings. The molecule has 4 heteroatoms. The van der Waals surface area contributed by atoms with Gasteiger partial charge in [-0.1, -0.05) is 24.3 Å². The van der Waals surface area contributed by atoms with Crippen molar-refractivity contribution in [3.63, 3.8) is 0 Å². The quantitative estimate of drug-likeness (QED) is 0.654. The maximum atomic E-state index is 5.96. The number of aryl methyl sites for hydroxylation is 2. The van der Waals surface area contributed by atoms with E-state index in [1.165, 1.54) is 11.1 Å². The number of benzene rings is 2. The molecule has 3 N–H and O–H groups in total. The molecule has 0 aromatic heterocycles. The Morgan fingerprint density at radius 1 is 1.14 bits per heavy atom. The smallest absolute Gasteiger partial charge is 0.193 e. The van der Waals surface area contributed by atoms with Crippen LogP contribution in [0.3, 0.4) is 0 Å². The zero-order chi connectivity index (χ0) is 15.9. The number of ether oxygens (including phenoxy) is 1. The maximum Gasteiger partial charge on any atom is 0.193 e. The number of para-hydroxylation sites is 1. The summed E-state index contributed by atoms with van der Waals surface area (Å²) in [5.74, 6) is 1.25. The van der Waals surface area contributed by atoms with Gasteiger partial charge in [0.15, 0.2) is 5.96 Å². The van der Waals surface area contributed by atoms with E-state index in [9.17, 15) is 0 Å². The van der Waals surface area contributed by atoms with E-state index in [1.807, 2.05) is 37.3 Å². The van der Waals surface area contributed by atoms with Crippen molar-refractivity contribution in [2.24, 2.45) is 10.7 Å². The second-order valence-electron chi connectivity index (χ2n) is 5.17. The van der Waals surface area contributed by atoms with Crippen molar-refractivity contribution in [1.82, 2.24) is 0 Å². The Balaban J connectivity index is 2.05. The average Bonchev–Trinajstić information content (AvgIpc) is 2.50. The van der Waals surface area contributed by atoms with Crippen molar-refractivity contribution in [3.05, 3.63) is 59.2 Å². The summed E-state index contributed by atoms with van der Waals surface area (Å²) in [4.78, 5) is 4.39. The molecule has 0 saturated carbocycles. The summed E-state index contributed by atoms with van der Waals surface area (Å²) in [5.41, 5.74) is 10.4. The molecule has 0 spiro atoms. The summed E-state index contributed by atoms with van der Waals surface area (Å²) in [6.45, 7) is 7.25. The molecular weight excluding hydrogens is 274 g/mol. The summed E-state index contributed by atoms with van der Waals surface area (Å²) in [7, 11) is 0. The maximum absolute atomic E-state index is 5.96. The Morgan fingerprint density at radius 3 is 2.64 bits per heavy atom. The third kappa shape index (κ3) is 4.25. The van der Waals surface area contributed by atoms with Crippen LogP contribution in [-0.4, -0.2) is 12.6 Å². The standard InChI is InChI=1S/C18H23N3O/c1-4-22-17-8-6-5-7-15(17)12-20-18(19)21-16-10-9-13(2)14(3)11-16/h5-11H,4,12H2,1-3H3,(H3,19,20,21). The van der Waals surface area contributed by atoms with Crippen LogP contribution in [0.1, 0.15) is 23.6 Å². The van der Waals surface area contributed by atoms with Gasteiger partial charge in [-0.15, -0.1) is 0 Å². The van der Waals surface area contributed by atoms with E-state index in [-0.39, 0.29) is 0 Å². The van der Waals surface area contributed by atoms with Crippen LogP contribution in [0.25, 0.3) is 0 Å². The van der Waals surface area contributed by atoms with E-state index in [0.717, 1.165) is 17.0 Å². The molecule has 0 heterocycles. The number of guanidine groups is 1. The van der Waals surface area contributed by atoms with Gasteiger partial charge in [0.1, 0.15) is 5.75 Å². The number of hydrogen-bond acceptors (Lipinski definition) is 2. The highest BCUT2D eigenvalue weighted by Crippen LogP contribution is 2.19. The molecule has 0 atom stereocenters. The van der Waals surface area contributed by atoms with Gasteiger partial charge >= 0.3 is 0 Å². The molecule has 0 unspecified atom stereocenters. The second kappa shape index (κ2) is 7.50. The lowest BCUT2D eigenvalue weighted by Crippen LogP contribution is -2.22. The number of nitrogens with two attached hydrogens (primary N) is 1. The van der Waals surface area contributed by atoms with Crippen LogP contribution in [0.2, 0.25) is 0 Å². The number of aliphatic imine (C=N–C) groups is 1. The highest BCUT2D eigenvalue weighted by molar-refractivity contribution is 5.92. The monoisotopic (exact) mass is 297 g/mol. The summed E-state index contributed by atoms with van der Waals surface area (Å²) in [6.07, 6.45) is 0. The van der Waals surface area contributed by atoms with Crippen LogP contribution in [0.4, 0.5) is 5.69 Å². The molecule has 4 nitrogen and oxygen atoms in total. The van der Waals surface area contributed by atoms with Gasteiger partial charge in [-0.05, 0) is 50.1 Å². The first-order chi connectivity index (χ1) is 10.6. The first-order valence-corrected chi connectivity index (χ1v) is 7.45. The molecule has 2 rings (SSSR count). The van der Waals surface area contributed by atoms with Gasteiger partial charge in [0.05, 0.1) is 13.2 Å². The highest BCUT2D eigenvalue weighted by atomic mass is 16.5. The first kappa shape index (κ1) is 15.9. The van der Waals surface area contributed by atoms with Gasteiger partial charge < -0.3 is 15.8 Å². The zero-order valence-electron chi connectivity index (χ0n) is 13.4. The summed E-state index contributed by atoms with van der Waals surface area (Å²) in [5, 5.41) is 3.12.